The number of carbonyl (C=O) groups excluding carboxylic acids is 3. The first-order valence-corrected chi connectivity index (χ1v) is 51.1. The highest BCUT2D eigenvalue weighted by Gasteiger charge is 2.46. The van der Waals surface area contributed by atoms with Gasteiger partial charge in [-0.25, -0.2) is 0 Å². The number of allylic oxidation sites excluding steroid dienone is 9. The van der Waals surface area contributed by atoms with Crippen LogP contribution in [0.2, 0.25) is 0 Å². The Labute approximate surface area is 816 Å². The summed E-state index contributed by atoms with van der Waals surface area (Å²) in [4.78, 5) is 35.4. The maximum absolute atomic E-state index is 12.8. The SMILES string of the molecule is C=C(C)C1CCC(C)=C[C@H]1c1c(O)cc(O)cc1CCCCC.C=C(C)[C@@H]1CCC(C)=CC1c1c(CO)cc(C)cc1OC.C=C(C)[C@@H]1CCC(C)=C[C@H]1c1c(C)cc(O)cc1O.CCCCCCC(C)(C)c1ccc([C@@H]2C[C@H](O)CC[C@H]2CCCO)c(O)c1.CCCCCc1cc2c3c(coc3c1)C(CCC(C)=O)C(C)(C)O2.CCCc1cc(O)c2c(c1)OC(C)(C)C(CCC(C)=O)C2=O. The second-order valence-corrected chi connectivity index (χ2v) is 42.4. The lowest BCUT2D eigenvalue weighted by Gasteiger charge is -2.39. The van der Waals surface area contributed by atoms with Crippen molar-refractivity contribution in [3.63, 3.8) is 0 Å². The van der Waals surface area contributed by atoms with Crippen LogP contribution in [0.3, 0.4) is 0 Å². The molecular formula is C120H170O16. The number of hydrogen-bond donors (Lipinski definition) is 9. The summed E-state index contributed by atoms with van der Waals surface area (Å²) in [5, 5.41) is 91.5. The molecule has 746 valence electrons. The number of aromatic hydroxyl groups is 6. The van der Waals surface area contributed by atoms with Crippen LogP contribution in [-0.2, 0) is 40.9 Å². The Morgan fingerprint density at radius 2 is 1.04 bits per heavy atom. The number of furan rings is 1. The summed E-state index contributed by atoms with van der Waals surface area (Å²) in [6.07, 6.45) is 38.4. The van der Waals surface area contributed by atoms with Crippen molar-refractivity contribution in [2.45, 2.75) is 390 Å². The van der Waals surface area contributed by atoms with Crippen LogP contribution in [0.1, 0.15) is 405 Å². The van der Waals surface area contributed by atoms with E-state index < -0.39 is 11.5 Å². The van der Waals surface area contributed by atoms with E-state index in [0.29, 0.717) is 60.9 Å². The number of aryl methyl sites for hydroxylation is 5. The lowest BCUT2D eigenvalue weighted by atomic mass is 9.71. The lowest BCUT2D eigenvalue weighted by molar-refractivity contribution is -0.118. The van der Waals surface area contributed by atoms with E-state index in [4.69, 9.17) is 18.6 Å². The molecule has 2 aliphatic heterocycles. The van der Waals surface area contributed by atoms with Crippen LogP contribution in [0.15, 0.2) is 161 Å². The first-order valence-electron chi connectivity index (χ1n) is 51.1. The highest BCUT2D eigenvalue weighted by Crippen LogP contribution is 2.53. The lowest BCUT2D eigenvalue weighted by Crippen LogP contribution is -2.46. The molecule has 9 N–H and O–H groups in total. The average molecular weight is 1870 g/mol. The smallest absolute Gasteiger partial charge is 0.177 e. The van der Waals surface area contributed by atoms with Crippen molar-refractivity contribution in [1.82, 2.24) is 0 Å². The fourth-order valence-electron chi connectivity index (χ4n) is 21.9. The Morgan fingerprint density at radius 1 is 0.515 bits per heavy atom. The fourth-order valence-corrected chi connectivity index (χ4v) is 21.9. The van der Waals surface area contributed by atoms with Crippen LogP contribution in [0.25, 0.3) is 11.0 Å². The number of hydrogen-bond acceptors (Lipinski definition) is 16. The van der Waals surface area contributed by atoms with Gasteiger partial charge in [0.1, 0.15) is 85.7 Å². The van der Waals surface area contributed by atoms with Crippen molar-refractivity contribution in [3.8, 4) is 51.7 Å². The highest BCUT2D eigenvalue weighted by atomic mass is 16.5. The van der Waals surface area contributed by atoms with Crippen LogP contribution in [-0.4, -0.2) is 94.3 Å². The number of carbonyl (C=O) groups is 3. The van der Waals surface area contributed by atoms with E-state index in [9.17, 15) is 60.3 Å². The van der Waals surface area contributed by atoms with E-state index in [1.807, 2.05) is 52.2 Å². The van der Waals surface area contributed by atoms with Gasteiger partial charge in [0.15, 0.2) is 5.78 Å². The van der Waals surface area contributed by atoms with Gasteiger partial charge in [-0.05, 0) is 347 Å². The van der Waals surface area contributed by atoms with E-state index in [0.717, 1.165) is 194 Å². The second kappa shape index (κ2) is 51.9. The number of aliphatic hydroxyl groups is 3. The normalized spacial score (nSPS) is 21.2. The molecule has 11 atom stereocenters. The number of rotatable bonds is 34. The molecule has 1 aromatic heterocycles. The molecular weight excluding hydrogens is 1700 g/mol. The van der Waals surface area contributed by atoms with Crippen molar-refractivity contribution in [2.75, 3.05) is 13.7 Å². The number of phenols is 6. The molecule has 136 heavy (non-hydrogen) atoms. The van der Waals surface area contributed by atoms with Crippen molar-refractivity contribution < 1.29 is 79.0 Å². The van der Waals surface area contributed by atoms with Crippen LogP contribution in [0.5, 0.6) is 51.7 Å². The third-order valence-electron chi connectivity index (χ3n) is 29.5. The third-order valence-corrected chi connectivity index (χ3v) is 29.5. The Hall–Kier alpha value is -9.61. The molecule has 1 saturated carbocycles. The molecule has 0 radical (unpaired) electrons. The van der Waals surface area contributed by atoms with Crippen molar-refractivity contribution in [1.29, 1.82) is 0 Å². The number of methoxy groups -OCH3 is 1. The van der Waals surface area contributed by atoms with Gasteiger partial charge >= 0.3 is 0 Å². The largest absolute Gasteiger partial charge is 0.508 e. The van der Waals surface area contributed by atoms with Crippen molar-refractivity contribution in [2.24, 2.45) is 29.6 Å². The summed E-state index contributed by atoms with van der Waals surface area (Å²) >= 11 is 0. The van der Waals surface area contributed by atoms with E-state index in [1.54, 1.807) is 26.2 Å². The first-order chi connectivity index (χ1) is 64.4. The molecule has 16 nitrogen and oxygen atoms in total. The van der Waals surface area contributed by atoms with E-state index >= 15 is 0 Å². The number of ether oxygens (including phenoxy) is 3. The van der Waals surface area contributed by atoms with Crippen LogP contribution in [0, 0.1) is 43.4 Å². The zero-order chi connectivity index (χ0) is 100. The maximum atomic E-state index is 12.8. The second-order valence-electron chi connectivity index (χ2n) is 42.4. The summed E-state index contributed by atoms with van der Waals surface area (Å²) in [5.74, 6) is 5.51. The summed E-state index contributed by atoms with van der Waals surface area (Å²) < 4.78 is 23.9. The summed E-state index contributed by atoms with van der Waals surface area (Å²) in [6.45, 7) is 53.7. The van der Waals surface area contributed by atoms with Gasteiger partial charge in [-0.2, -0.15) is 0 Å². The van der Waals surface area contributed by atoms with Gasteiger partial charge in [-0.1, -0.05) is 189 Å². The molecule has 6 aromatic carbocycles. The molecule has 0 bridgehead atoms. The van der Waals surface area contributed by atoms with Crippen LogP contribution in [0.4, 0.5) is 0 Å². The summed E-state index contributed by atoms with van der Waals surface area (Å²) in [6, 6.07) is 24.6. The molecule has 4 aliphatic carbocycles. The van der Waals surface area contributed by atoms with Crippen molar-refractivity contribution in [3.05, 3.63) is 229 Å². The monoisotopic (exact) mass is 1870 g/mol. The Balaban J connectivity index is 0.000000201. The Bertz CT molecular complexity index is 5240. The molecule has 0 amide bonds. The fraction of sp³-hybridized carbons (Fsp3) is 0.558. The molecule has 13 rings (SSSR count). The first kappa shape index (κ1) is 112. The van der Waals surface area contributed by atoms with Gasteiger partial charge in [0.25, 0.3) is 0 Å². The number of ketones is 3. The molecule has 4 unspecified atom stereocenters. The maximum Gasteiger partial charge on any atom is 0.177 e. The summed E-state index contributed by atoms with van der Waals surface area (Å²) in [5.41, 5.74) is 20.6. The highest BCUT2D eigenvalue weighted by molar-refractivity contribution is 6.04. The quantitative estimate of drug-likeness (QED) is 0.0134. The predicted molar refractivity (Wildman–Crippen MR) is 557 cm³/mol. The minimum atomic E-state index is -0.684. The number of aliphatic hydroxyl groups excluding tert-OH is 3. The van der Waals surface area contributed by atoms with Gasteiger partial charge < -0.3 is 74.2 Å². The van der Waals surface area contributed by atoms with E-state index in [1.165, 1.54) is 115 Å². The number of phenolic OH excluding ortho intramolecular Hbond substituents is 6. The standard InChI is InChI=1S/C24H40O3.C21H28O3.C21H30O2.C19H26O2.C18H24O4.C17H22O2/c1-4-5-6-7-14-24(2,3)19-11-13-21(23(27)16-19)22-17-20(26)12-10-18(22)9-8-15-25;1-5-6-7-8-15-11-18-20-16(13-23-18)17(10-9-14(2)22)21(3,4)24-19(20)12-15;1-5-6-7-8-16-12-17(22)13-20(23)21(16)19-11-15(4)9-10-18(19)14(2)3;1-12(2)16-7-6-13(3)9-17(16)19-15(11-20)8-14(4)10-18(19)21-5;1-5-6-12-9-14(20)16-15(10-12)22-18(3,4)13(17(16)21)8-7-11(2)19;1-10(2)14-6-5-11(3)7-15(14)17-12(4)8-13(18)9-16(17)19/h11,13,16,18,20,22,25-27H,4-10,12,14-15,17H2,1-3H3;11-13,17H,5-10H2,1-4H3;11-13,18-19,22-23H,2,5-10H2,1,3-4H3;8-10,16-17,20H,1,6-7,11H2,2-5H3;9-10,13,20H,5-8H2,1-4H3;7-9,14-15,18-19H,1,5-6H2,2-4H3/t18-,20-,22-;;18?,19-;16-,17?;;14-,15+/m1.10.0/s1. The number of fused-ring (bicyclic) bond motifs is 1. The Kier molecular flexibility index (Phi) is 42.6. The zero-order valence-electron chi connectivity index (χ0n) is 86.8. The topological polar surface area (TPSA) is 274 Å². The van der Waals surface area contributed by atoms with E-state index in [2.05, 4.69) is 171 Å². The summed E-state index contributed by atoms with van der Waals surface area (Å²) in [7, 11) is 1.70. The molecule has 6 aliphatic rings. The van der Waals surface area contributed by atoms with E-state index in [-0.39, 0.29) is 112 Å². The number of unbranched alkanes of at least 4 members (excludes halogenated alkanes) is 7. The zero-order valence-corrected chi connectivity index (χ0v) is 86.8. The number of Topliss-reactive ketones (excluding diaryl/α,β-unsaturated/α-hetero) is 3. The molecule has 0 spiro atoms. The molecule has 3 heterocycles. The minimum absolute atomic E-state index is 0.0192. The van der Waals surface area contributed by atoms with Gasteiger partial charge in [-0.3, -0.25) is 4.79 Å². The molecule has 1 fully saturated rings. The average Bonchev–Trinajstić information content (AvgIpc) is 1.49. The molecule has 0 saturated heterocycles. The van der Waals surface area contributed by atoms with Crippen molar-refractivity contribution >= 4 is 28.3 Å². The van der Waals surface area contributed by atoms with Gasteiger partial charge in [0, 0.05) is 77.5 Å². The van der Waals surface area contributed by atoms with Crippen LogP contribution >= 0.6 is 0 Å². The Morgan fingerprint density at radius 3 is 1.57 bits per heavy atom. The molecule has 7 aromatic rings. The van der Waals surface area contributed by atoms with Gasteiger partial charge in [-0.15, -0.1) is 0 Å². The molecule has 16 heteroatoms. The predicted octanol–water partition coefficient (Wildman–Crippen LogP) is 29.9. The van der Waals surface area contributed by atoms with Gasteiger partial charge in [0.05, 0.1) is 37.4 Å². The van der Waals surface area contributed by atoms with Gasteiger partial charge in [0.2, 0.25) is 0 Å². The minimum Gasteiger partial charge on any atom is -0.508 e. The van der Waals surface area contributed by atoms with Crippen LogP contribution < -0.4 is 14.2 Å². The number of benzene rings is 6. The third kappa shape index (κ3) is 30.2.